The Hall–Kier alpha value is -4.68. The monoisotopic (exact) mass is 833 g/mol. The number of phenols is 1. The third-order valence-corrected chi connectivity index (χ3v) is 15.0. The van der Waals surface area contributed by atoms with Crippen molar-refractivity contribution in [2.24, 2.45) is 35.5 Å². The standard InChI is InChI=1S/C25H32N2O4.C24H30N2O4/c1-3-31-8-7-27-15-20(23(28)19-5-4-6-21(30-2)22(19)27)24(29)26-25-12-16-9-17(13-25)11-18(10-16)14-25;1-2-30-7-6-26-14-19(22(28)18-4-3-5-20(27)21(18)26)23(29)25-24-11-15-8-16(12-24)10-17(9-15)13-24/h4-6,15-18H,3,7-14H2,1-2H3,(H,26,29);3-5,14-17,27H,2,6-13H2,1H3,(H,25,29)/i2-1;. The lowest BCUT2D eigenvalue weighted by molar-refractivity contribution is -0.0171. The fourth-order valence-corrected chi connectivity index (χ4v) is 13.5. The van der Waals surface area contributed by atoms with Crippen molar-refractivity contribution in [3.63, 3.8) is 0 Å². The van der Waals surface area contributed by atoms with Gasteiger partial charge in [-0.25, -0.2) is 0 Å². The Morgan fingerprint density at radius 1 is 0.639 bits per heavy atom. The van der Waals surface area contributed by atoms with E-state index in [0.717, 1.165) is 56.3 Å². The first kappa shape index (κ1) is 41.7. The topological polar surface area (TPSA) is 150 Å². The number of aromatic hydroxyl groups is 1. The molecule has 4 aromatic rings. The molecule has 2 amide bonds. The number of methoxy groups -OCH3 is 1. The minimum absolute atomic E-state index is 0.0362. The van der Waals surface area contributed by atoms with Gasteiger partial charge in [0.15, 0.2) is 0 Å². The van der Waals surface area contributed by atoms with E-state index in [0.29, 0.717) is 84.8 Å². The van der Waals surface area contributed by atoms with Crippen molar-refractivity contribution >= 4 is 33.6 Å². The predicted octanol–water partition coefficient (Wildman–Crippen LogP) is 7.19. The molecule has 0 spiro atoms. The quantitative estimate of drug-likeness (QED) is 0.120. The van der Waals surface area contributed by atoms with Gasteiger partial charge in [-0.05, 0) is 151 Å². The van der Waals surface area contributed by atoms with Crippen LogP contribution in [0, 0.1) is 35.5 Å². The van der Waals surface area contributed by atoms with Crippen molar-refractivity contribution in [2.75, 3.05) is 33.5 Å². The van der Waals surface area contributed by atoms with Gasteiger partial charge in [0.1, 0.15) is 22.6 Å². The van der Waals surface area contributed by atoms with E-state index in [-0.39, 0.29) is 50.6 Å². The Bertz CT molecular complexity index is 2360. The molecule has 12 heteroatoms. The first-order valence-electron chi connectivity index (χ1n) is 22.9. The number of carbonyl (C=O) groups is 2. The van der Waals surface area contributed by atoms with Gasteiger partial charge in [-0.3, -0.25) is 19.2 Å². The highest BCUT2D eigenvalue weighted by Gasteiger charge is 2.53. The average molecular weight is 834 g/mol. The molecule has 0 unspecified atom stereocenters. The van der Waals surface area contributed by atoms with Gasteiger partial charge in [0.05, 0.1) is 42.1 Å². The third kappa shape index (κ3) is 8.10. The van der Waals surface area contributed by atoms with E-state index in [4.69, 9.17) is 14.2 Å². The normalized spacial score (nSPS) is 29.1. The lowest BCUT2D eigenvalue weighted by Gasteiger charge is -2.56. The number of pyridine rings is 2. The van der Waals surface area contributed by atoms with Crippen LogP contribution in [0.25, 0.3) is 21.8 Å². The van der Waals surface area contributed by atoms with Gasteiger partial charge < -0.3 is 39.1 Å². The number of aromatic nitrogens is 2. The predicted molar refractivity (Wildman–Crippen MR) is 234 cm³/mol. The summed E-state index contributed by atoms with van der Waals surface area (Å²) in [6.07, 6.45) is 17.4. The number of rotatable bonds is 13. The summed E-state index contributed by atoms with van der Waals surface area (Å²) in [6.45, 7) is 7.03. The van der Waals surface area contributed by atoms with Gasteiger partial charge in [0.2, 0.25) is 10.9 Å². The van der Waals surface area contributed by atoms with Gasteiger partial charge in [0, 0.05) is 49.8 Å². The Morgan fingerprint density at radius 3 is 1.44 bits per heavy atom. The molecule has 8 aliphatic carbocycles. The maximum absolute atomic E-state index is 13.4. The number of nitrogens with zero attached hydrogens (tertiary/aromatic N) is 2. The van der Waals surface area contributed by atoms with Crippen molar-refractivity contribution in [1.29, 1.82) is 0 Å². The number of fused-ring (bicyclic) bond motifs is 2. The average Bonchev–Trinajstić information content (AvgIpc) is 3.21. The minimum Gasteiger partial charge on any atom is -0.506 e. The van der Waals surface area contributed by atoms with Crippen LogP contribution in [-0.2, 0) is 22.6 Å². The van der Waals surface area contributed by atoms with Crippen LogP contribution in [0.1, 0.15) is 112 Å². The zero-order chi connectivity index (χ0) is 42.5. The molecule has 0 radical (unpaired) electrons. The second kappa shape index (κ2) is 16.9. The highest BCUT2D eigenvalue weighted by atomic mass is 16.5. The van der Waals surface area contributed by atoms with Gasteiger partial charge in [-0.1, -0.05) is 12.1 Å². The lowest BCUT2D eigenvalue weighted by Crippen LogP contribution is -2.60. The number of para-hydroxylation sites is 2. The van der Waals surface area contributed by atoms with Crippen molar-refractivity contribution in [3.8, 4) is 11.5 Å². The second-order valence-electron chi connectivity index (χ2n) is 19.4. The zero-order valence-corrected chi connectivity index (χ0v) is 36.0. The molecular formula is C49H62N4O8. The number of carbonyl (C=O) groups excluding carboxylic acids is 2. The Labute approximate surface area is 357 Å². The Morgan fingerprint density at radius 2 is 1.03 bits per heavy atom. The summed E-state index contributed by atoms with van der Waals surface area (Å²) >= 11 is 0. The highest BCUT2D eigenvalue weighted by molar-refractivity contribution is 5.99. The van der Waals surface area contributed by atoms with Crippen LogP contribution >= 0.6 is 0 Å². The number of hydrogen-bond donors (Lipinski definition) is 3. The fourth-order valence-electron chi connectivity index (χ4n) is 13.5. The molecule has 2 aromatic heterocycles. The third-order valence-electron chi connectivity index (χ3n) is 15.0. The zero-order valence-electron chi connectivity index (χ0n) is 36.0. The first-order chi connectivity index (χ1) is 29.5. The van der Waals surface area contributed by atoms with E-state index in [9.17, 15) is 24.3 Å². The number of benzene rings is 2. The summed E-state index contributed by atoms with van der Waals surface area (Å²) < 4.78 is 20.2. The molecule has 0 aliphatic heterocycles. The molecule has 8 fully saturated rings. The van der Waals surface area contributed by atoms with Crippen LogP contribution in [0.5, 0.6) is 11.5 Å². The fraction of sp³-hybridized carbons (Fsp3) is 0.592. The van der Waals surface area contributed by atoms with E-state index >= 15 is 0 Å². The van der Waals surface area contributed by atoms with E-state index in [1.54, 1.807) is 54.4 Å². The van der Waals surface area contributed by atoms with Crippen LogP contribution in [0.2, 0.25) is 0 Å². The molecule has 0 saturated heterocycles. The largest absolute Gasteiger partial charge is 0.506 e. The second-order valence-corrected chi connectivity index (χ2v) is 19.4. The maximum atomic E-state index is 13.4. The number of ether oxygens (including phenoxy) is 3. The van der Waals surface area contributed by atoms with Crippen LogP contribution in [0.3, 0.4) is 0 Å². The van der Waals surface area contributed by atoms with Crippen LogP contribution < -0.4 is 26.2 Å². The van der Waals surface area contributed by atoms with E-state index in [1.807, 2.05) is 24.5 Å². The number of hydrogen-bond acceptors (Lipinski definition) is 8. The van der Waals surface area contributed by atoms with Crippen LogP contribution in [0.15, 0.2) is 58.4 Å². The van der Waals surface area contributed by atoms with E-state index in [2.05, 4.69) is 10.6 Å². The highest BCUT2D eigenvalue weighted by Crippen LogP contribution is 2.57. The Kier molecular flexibility index (Phi) is 11.5. The van der Waals surface area contributed by atoms with Crippen LogP contribution in [-0.4, -0.2) is 70.7 Å². The SMILES string of the molecule is CCOCCn1cc(C(=O)NC23CC4CC(CC(C4)C2)C3)c(=O)c2cccc(O)c21.CCOCCn1cc(C(=O)NC23CC4CC(CC(C4)C2)C3)c(=O)c2cccc(O[11CH3])c21. The number of nitrogens with one attached hydrogen (secondary N) is 2. The molecule has 8 bridgehead atoms. The van der Waals surface area contributed by atoms with Crippen molar-refractivity contribution in [3.05, 3.63) is 80.4 Å². The summed E-state index contributed by atoms with van der Waals surface area (Å²) in [6, 6.07) is 10.3. The molecule has 12 nitrogen and oxygen atoms in total. The minimum atomic E-state index is -0.323. The number of phenolic OH excluding ortho intramolecular Hbond substituents is 1. The molecule has 8 saturated carbocycles. The molecule has 12 rings (SSSR count). The summed E-state index contributed by atoms with van der Waals surface area (Å²) in [7, 11) is 1.60. The van der Waals surface area contributed by atoms with Crippen molar-refractivity contribution in [2.45, 2.75) is 115 Å². The van der Waals surface area contributed by atoms with Gasteiger partial charge in [-0.2, -0.15) is 0 Å². The maximum Gasteiger partial charge on any atom is 0.257 e. The molecule has 3 N–H and O–H groups in total. The van der Waals surface area contributed by atoms with Crippen molar-refractivity contribution in [1.82, 2.24) is 19.8 Å². The summed E-state index contributed by atoms with van der Waals surface area (Å²) in [4.78, 5) is 53.3. The molecule has 2 aromatic carbocycles. The Balaban J connectivity index is 0.000000156. The molecule has 0 atom stereocenters. The van der Waals surface area contributed by atoms with Gasteiger partial charge in [0.25, 0.3) is 11.8 Å². The molecule has 61 heavy (non-hydrogen) atoms. The molecule has 326 valence electrons. The van der Waals surface area contributed by atoms with E-state index < -0.39 is 0 Å². The molecule has 8 aliphatic rings. The molecular weight excluding hydrogens is 772 g/mol. The van der Waals surface area contributed by atoms with Crippen molar-refractivity contribution < 1.29 is 28.9 Å². The summed E-state index contributed by atoms with van der Waals surface area (Å²) in [5, 5.41) is 17.9. The smallest absolute Gasteiger partial charge is 0.257 e. The summed E-state index contributed by atoms with van der Waals surface area (Å²) in [5.41, 5.74) is 0.697. The van der Waals surface area contributed by atoms with Gasteiger partial charge in [-0.15, -0.1) is 0 Å². The van der Waals surface area contributed by atoms with Gasteiger partial charge >= 0.3 is 0 Å². The van der Waals surface area contributed by atoms with Crippen LogP contribution in [0.4, 0.5) is 0 Å². The molecule has 2 heterocycles. The first-order valence-corrected chi connectivity index (χ1v) is 22.9. The summed E-state index contributed by atoms with van der Waals surface area (Å²) in [5.74, 6) is 4.49. The lowest BCUT2D eigenvalue weighted by atomic mass is 9.53. The number of amides is 2. The van der Waals surface area contributed by atoms with E-state index in [1.165, 1.54) is 38.5 Å².